The van der Waals surface area contributed by atoms with Crippen molar-refractivity contribution in [2.45, 2.75) is 19.4 Å². The fourth-order valence-electron chi connectivity index (χ4n) is 2.91. The Balaban J connectivity index is 1.47. The van der Waals surface area contributed by atoms with E-state index in [1.165, 1.54) is 7.11 Å². The number of aromatic nitrogens is 1. The first kappa shape index (κ1) is 18.3. The summed E-state index contributed by atoms with van der Waals surface area (Å²) in [5.74, 6) is 1.12. The Kier molecular flexibility index (Phi) is 4.46. The predicted molar refractivity (Wildman–Crippen MR) is 111 cm³/mol. The van der Waals surface area contributed by atoms with Crippen LogP contribution in [0.15, 0.2) is 40.9 Å². The van der Waals surface area contributed by atoms with Crippen LogP contribution in [0.2, 0.25) is 0 Å². The van der Waals surface area contributed by atoms with Crippen molar-refractivity contribution in [2.75, 3.05) is 18.0 Å². The molecule has 0 radical (unpaired) electrons. The summed E-state index contributed by atoms with van der Waals surface area (Å²) in [6, 6.07) is 9.13. The number of nitrogens with zero attached hydrogens (tertiary/aromatic N) is 3. The highest BCUT2D eigenvalue weighted by atomic mass is 32.2. The number of nitrogens with one attached hydrogen (secondary N) is 1. The molecule has 1 aromatic heterocycles. The van der Waals surface area contributed by atoms with Crippen LogP contribution in [-0.4, -0.2) is 41.5 Å². The number of nitrogens with two attached hydrogens (primary N) is 1. The maximum atomic E-state index is 12.6. The number of methoxy groups -OCH3 is 1. The lowest BCUT2D eigenvalue weighted by atomic mass is 10.1. The number of carbonyl (C=O) groups excluding carboxylic acids is 1. The standard InChI is InChI=1S/C19H21N5O3S/c1-19(2,22-17(25)12-6-5-9-21-18(12)26-3)10-27-14-8-4-7-13-15(14)16(20)23-28-11-24(13)28/h4-9,11H,10H2,1-3H3,(H2,20,23)(H,22,25). The summed E-state index contributed by atoms with van der Waals surface area (Å²) in [5.41, 5.74) is 9.67. The van der Waals surface area contributed by atoms with Gasteiger partial charge in [0.05, 0.1) is 29.4 Å². The number of amides is 1. The fourth-order valence-corrected chi connectivity index (χ4v) is 4.06. The van der Waals surface area contributed by atoms with Crippen molar-refractivity contribution in [3.05, 3.63) is 47.7 Å². The van der Waals surface area contributed by atoms with Gasteiger partial charge in [-0.15, -0.1) is 0 Å². The monoisotopic (exact) mass is 399 g/mol. The summed E-state index contributed by atoms with van der Waals surface area (Å²) in [7, 11) is 1.25. The molecule has 2 aromatic rings. The van der Waals surface area contributed by atoms with Crippen LogP contribution in [0.4, 0.5) is 5.69 Å². The summed E-state index contributed by atoms with van der Waals surface area (Å²) in [6.07, 6.45) is 1.58. The maximum Gasteiger partial charge on any atom is 0.257 e. The topological polar surface area (TPSA) is 102 Å². The first-order valence-electron chi connectivity index (χ1n) is 8.69. The van der Waals surface area contributed by atoms with E-state index < -0.39 is 5.54 Å². The molecule has 8 nitrogen and oxygen atoms in total. The molecule has 1 aromatic carbocycles. The molecule has 1 atom stereocenters. The molecule has 2 aliphatic heterocycles. The van der Waals surface area contributed by atoms with Crippen molar-refractivity contribution in [3.8, 4) is 11.6 Å². The van der Waals surface area contributed by atoms with Crippen molar-refractivity contribution in [1.29, 1.82) is 0 Å². The number of benzene rings is 1. The van der Waals surface area contributed by atoms with Crippen molar-refractivity contribution in [1.82, 2.24) is 10.3 Å². The molecule has 9 heteroatoms. The third kappa shape index (κ3) is 3.40. The highest BCUT2D eigenvalue weighted by Crippen LogP contribution is 2.46. The van der Waals surface area contributed by atoms with Crippen molar-refractivity contribution >= 4 is 33.8 Å². The van der Waals surface area contributed by atoms with Crippen molar-refractivity contribution in [3.63, 3.8) is 0 Å². The van der Waals surface area contributed by atoms with Gasteiger partial charge >= 0.3 is 0 Å². The van der Waals surface area contributed by atoms with Crippen LogP contribution in [0, 0.1) is 0 Å². The summed E-state index contributed by atoms with van der Waals surface area (Å²) < 4.78 is 17.7. The van der Waals surface area contributed by atoms with Crippen molar-refractivity contribution in [2.24, 2.45) is 10.1 Å². The van der Waals surface area contributed by atoms with Gasteiger partial charge in [0.25, 0.3) is 5.91 Å². The fraction of sp³-hybridized carbons (Fsp3) is 0.263. The number of ether oxygens (including phenoxy) is 2. The Hall–Kier alpha value is -3.07. The second-order valence-electron chi connectivity index (χ2n) is 7.04. The summed E-state index contributed by atoms with van der Waals surface area (Å²) in [4.78, 5) is 16.7. The molecule has 4 rings (SSSR count). The minimum absolute atomic E-state index is 0.236. The van der Waals surface area contributed by atoms with E-state index in [2.05, 4.69) is 19.0 Å². The maximum absolute atomic E-state index is 12.6. The molecule has 0 saturated heterocycles. The molecule has 0 fully saturated rings. The van der Waals surface area contributed by atoms with Crippen LogP contribution in [0.3, 0.4) is 0 Å². The van der Waals surface area contributed by atoms with Gasteiger partial charge in [-0.1, -0.05) is 6.07 Å². The smallest absolute Gasteiger partial charge is 0.257 e. The number of hydrogen-bond donors (Lipinski definition) is 2. The molecule has 28 heavy (non-hydrogen) atoms. The van der Waals surface area contributed by atoms with Crippen LogP contribution >= 0.6 is 10.9 Å². The Bertz CT molecular complexity index is 1020. The highest BCUT2D eigenvalue weighted by molar-refractivity contribution is 8.23. The number of anilines is 1. The van der Waals surface area contributed by atoms with Gasteiger partial charge in [-0.3, -0.25) is 9.10 Å². The third-order valence-electron chi connectivity index (χ3n) is 4.29. The van der Waals surface area contributed by atoms with Gasteiger partial charge in [0.2, 0.25) is 5.88 Å². The molecular weight excluding hydrogens is 378 g/mol. The SMILES string of the molecule is COc1ncccc1C(=O)NC(C)(C)COc1cccc2c1C(N)=NS1=CN21. The molecule has 0 bridgehead atoms. The molecule has 0 spiro atoms. The molecule has 2 aliphatic rings. The largest absolute Gasteiger partial charge is 0.490 e. The summed E-state index contributed by atoms with van der Waals surface area (Å²) in [6.45, 7) is 4.02. The highest BCUT2D eigenvalue weighted by Gasteiger charge is 2.32. The van der Waals surface area contributed by atoms with Crippen LogP contribution in [0.1, 0.15) is 29.8 Å². The zero-order chi connectivity index (χ0) is 19.9. The van der Waals surface area contributed by atoms with E-state index in [0.717, 1.165) is 11.3 Å². The van der Waals surface area contributed by atoms with E-state index in [4.69, 9.17) is 15.2 Å². The number of fused-ring (bicyclic) bond motifs is 3. The zero-order valence-corrected chi connectivity index (χ0v) is 16.6. The second kappa shape index (κ2) is 6.83. The summed E-state index contributed by atoms with van der Waals surface area (Å²) in [5, 5.41) is 2.97. The van der Waals surface area contributed by atoms with Gasteiger partial charge in [0, 0.05) is 17.1 Å². The van der Waals surface area contributed by atoms with Gasteiger partial charge in [-0.25, -0.2) is 4.98 Å². The van der Waals surface area contributed by atoms with Crippen molar-refractivity contribution < 1.29 is 14.3 Å². The molecule has 3 N–H and O–H groups in total. The zero-order valence-electron chi connectivity index (χ0n) is 15.8. The van der Waals surface area contributed by atoms with E-state index in [1.807, 2.05) is 37.5 Å². The third-order valence-corrected chi connectivity index (χ3v) is 5.56. The van der Waals surface area contributed by atoms with E-state index >= 15 is 0 Å². The lowest BCUT2D eigenvalue weighted by molar-refractivity contribution is 0.0877. The number of hydrogen-bond acceptors (Lipinski definition) is 7. The first-order valence-corrected chi connectivity index (χ1v) is 9.89. The quantitative estimate of drug-likeness (QED) is 0.721. The molecule has 0 saturated carbocycles. The molecule has 1 amide bonds. The van der Waals surface area contributed by atoms with E-state index in [0.29, 0.717) is 17.1 Å². The number of rotatable bonds is 6. The molecule has 1 unspecified atom stereocenters. The predicted octanol–water partition coefficient (Wildman–Crippen LogP) is 2.08. The van der Waals surface area contributed by atoms with Crippen LogP contribution < -0.4 is 24.8 Å². The Morgan fingerprint density at radius 2 is 2.14 bits per heavy atom. The average molecular weight is 399 g/mol. The number of carbonyl (C=O) groups is 1. The minimum atomic E-state index is -0.641. The number of pyridine rings is 1. The Morgan fingerprint density at radius 3 is 2.93 bits per heavy atom. The van der Waals surface area contributed by atoms with Gasteiger partial charge < -0.3 is 20.5 Å². The molecule has 0 aliphatic carbocycles. The average Bonchev–Trinajstić information content (AvgIpc) is 3.45. The van der Waals surface area contributed by atoms with Gasteiger partial charge in [-0.05, 0) is 38.1 Å². The van der Waals surface area contributed by atoms with E-state index in [1.54, 1.807) is 18.3 Å². The van der Waals surface area contributed by atoms with Gasteiger partial charge in [0.1, 0.15) is 23.8 Å². The van der Waals surface area contributed by atoms with E-state index in [9.17, 15) is 4.79 Å². The second-order valence-corrected chi connectivity index (χ2v) is 8.41. The van der Waals surface area contributed by atoms with Gasteiger partial charge in [0.15, 0.2) is 0 Å². The van der Waals surface area contributed by atoms with Crippen LogP contribution in [0.5, 0.6) is 11.6 Å². The first-order chi connectivity index (χ1) is 13.4. The van der Waals surface area contributed by atoms with Gasteiger partial charge in [-0.2, -0.15) is 4.40 Å². The minimum Gasteiger partial charge on any atom is -0.490 e. The lowest BCUT2D eigenvalue weighted by Crippen LogP contribution is -2.48. The molecule has 3 heterocycles. The summed E-state index contributed by atoms with van der Waals surface area (Å²) >= 11 is 0. The lowest BCUT2D eigenvalue weighted by Gasteiger charge is -2.28. The van der Waals surface area contributed by atoms with Crippen LogP contribution in [-0.2, 0) is 0 Å². The molecular formula is C19H21N5O3S. The molecule has 146 valence electrons. The Labute approximate surface area is 165 Å². The van der Waals surface area contributed by atoms with E-state index in [-0.39, 0.29) is 29.3 Å². The normalized spacial score (nSPS) is 16.9. The number of amidine groups is 1. The Morgan fingerprint density at radius 1 is 1.32 bits per heavy atom. The van der Waals surface area contributed by atoms with Crippen LogP contribution in [0.25, 0.3) is 0 Å².